The lowest BCUT2D eigenvalue weighted by atomic mass is 10.1. The number of nitrogens with one attached hydrogen (secondary N) is 1. The molecule has 1 heterocycles. The van der Waals surface area contributed by atoms with E-state index in [1.54, 1.807) is 12.1 Å². The van der Waals surface area contributed by atoms with Crippen LogP contribution in [0.1, 0.15) is 11.1 Å². The van der Waals surface area contributed by atoms with Crippen LogP contribution in [0.5, 0.6) is 5.75 Å². The predicted octanol–water partition coefficient (Wildman–Crippen LogP) is 3.75. The molecule has 7 nitrogen and oxygen atoms in total. The van der Waals surface area contributed by atoms with Gasteiger partial charge in [-0.15, -0.1) is 0 Å². The molecule has 10 heteroatoms. The number of carboxylic acids is 1. The quantitative estimate of drug-likeness (QED) is 0.311. The summed E-state index contributed by atoms with van der Waals surface area (Å²) >= 11 is 5.31. The number of hydrogen-bond acceptors (Lipinski definition) is 4. The number of aliphatic carboxylic acids is 1. The Bertz CT molecular complexity index is 1000. The number of amides is 3. The van der Waals surface area contributed by atoms with Crippen LogP contribution in [0.2, 0.25) is 0 Å². The normalized spacial score (nSPS) is 15.0. The summed E-state index contributed by atoms with van der Waals surface area (Å²) in [6.45, 7) is -0.465. The zero-order chi connectivity index (χ0) is 21.1. The van der Waals surface area contributed by atoms with Crippen molar-refractivity contribution in [3.05, 3.63) is 67.1 Å². The molecule has 29 heavy (non-hydrogen) atoms. The van der Waals surface area contributed by atoms with Gasteiger partial charge < -0.3 is 15.2 Å². The van der Waals surface area contributed by atoms with Crippen LogP contribution in [0.25, 0.3) is 6.08 Å². The van der Waals surface area contributed by atoms with Crippen LogP contribution in [0.3, 0.4) is 0 Å². The fraction of sp³-hybridized carbons (Fsp3) is 0.105. The van der Waals surface area contributed by atoms with Crippen molar-refractivity contribution in [2.24, 2.45) is 0 Å². The highest BCUT2D eigenvalue weighted by Gasteiger charge is 2.33. The summed E-state index contributed by atoms with van der Waals surface area (Å²) in [4.78, 5) is 36.5. The van der Waals surface area contributed by atoms with Crippen LogP contribution in [-0.2, 0) is 16.1 Å². The second-order valence-electron chi connectivity index (χ2n) is 6.00. The van der Waals surface area contributed by atoms with E-state index in [1.807, 2.05) is 22.6 Å². The van der Waals surface area contributed by atoms with E-state index in [0.29, 0.717) is 24.9 Å². The first-order chi connectivity index (χ1) is 13.7. The fourth-order valence-electron chi connectivity index (χ4n) is 2.59. The topological polar surface area (TPSA) is 95.9 Å². The molecular formula is C19H13BrFIN2O5. The highest BCUT2D eigenvalue weighted by atomic mass is 127. The van der Waals surface area contributed by atoms with Gasteiger partial charge in [-0.05, 0) is 80.0 Å². The first-order valence-corrected chi connectivity index (χ1v) is 10.0. The Morgan fingerprint density at radius 3 is 2.59 bits per heavy atom. The van der Waals surface area contributed by atoms with Gasteiger partial charge in [-0.1, -0.05) is 12.1 Å². The van der Waals surface area contributed by atoms with Gasteiger partial charge in [0.2, 0.25) is 0 Å². The Morgan fingerprint density at radius 1 is 1.28 bits per heavy atom. The number of urea groups is 1. The van der Waals surface area contributed by atoms with E-state index in [0.717, 1.165) is 4.90 Å². The number of benzene rings is 2. The van der Waals surface area contributed by atoms with E-state index >= 15 is 0 Å². The van der Waals surface area contributed by atoms with Crippen LogP contribution in [0.15, 0.2) is 46.6 Å². The van der Waals surface area contributed by atoms with Crippen molar-refractivity contribution in [3.8, 4) is 5.75 Å². The van der Waals surface area contributed by atoms with Crippen molar-refractivity contribution in [3.63, 3.8) is 0 Å². The number of rotatable bonds is 6. The Morgan fingerprint density at radius 2 is 1.97 bits per heavy atom. The first-order valence-electron chi connectivity index (χ1n) is 8.17. The molecule has 0 aliphatic carbocycles. The smallest absolute Gasteiger partial charge is 0.341 e. The SMILES string of the molecule is O=C(O)COc1c(Br)cc(/C=C2/NC(=O)N(Cc3ccc(F)cc3)C2=O)cc1I. The summed E-state index contributed by atoms with van der Waals surface area (Å²) in [7, 11) is 0. The first kappa shape index (κ1) is 21.2. The molecule has 1 aliphatic heterocycles. The monoisotopic (exact) mass is 574 g/mol. The average molecular weight is 575 g/mol. The van der Waals surface area contributed by atoms with Gasteiger partial charge in [0.05, 0.1) is 14.6 Å². The number of ether oxygens (including phenoxy) is 1. The van der Waals surface area contributed by atoms with Gasteiger partial charge in [-0.3, -0.25) is 9.69 Å². The zero-order valence-electron chi connectivity index (χ0n) is 14.6. The molecular weight excluding hydrogens is 562 g/mol. The molecule has 0 unspecified atom stereocenters. The number of carbonyl (C=O) groups excluding carboxylic acids is 2. The number of carboxylic acid groups (broad SMARTS) is 1. The van der Waals surface area contributed by atoms with Crippen molar-refractivity contribution in [1.29, 1.82) is 0 Å². The molecule has 0 spiro atoms. The lowest BCUT2D eigenvalue weighted by Crippen LogP contribution is -2.30. The number of imide groups is 1. The van der Waals surface area contributed by atoms with Gasteiger partial charge in [0.25, 0.3) is 5.91 Å². The zero-order valence-corrected chi connectivity index (χ0v) is 18.4. The molecule has 2 N–H and O–H groups in total. The highest BCUT2D eigenvalue weighted by molar-refractivity contribution is 14.1. The van der Waals surface area contributed by atoms with Gasteiger partial charge in [-0.2, -0.15) is 0 Å². The van der Waals surface area contributed by atoms with E-state index in [2.05, 4.69) is 21.2 Å². The third-order valence-electron chi connectivity index (χ3n) is 3.89. The lowest BCUT2D eigenvalue weighted by Gasteiger charge is -2.11. The molecule has 0 bridgehead atoms. The molecule has 0 radical (unpaired) electrons. The molecule has 2 aromatic rings. The minimum Gasteiger partial charge on any atom is -0.480 e. The maximum Gasteiger partial charge on any atom is 0.341 e. The van der Waals surface area contributed by atoms with E-state index < -0.39 is 30.3 Å². The summed E-state index contributed by atoms with van der Waals surface area (Å²) < 4.78 is 19.4. The lowest BCUT2D eigenvalue weighted by molar-refractivity contribution is -0.139. The number of carbonyl (C=O) groups is 3. The molecule has 1 saturated heterocycles. The summed E-state index contributed by atoms with van der Waals surface area (Å²) in [5, 5.41) is 11.3. The summed E-state index contributed by atoms with van der Waals surface area (Å²) in [5.41, 5.74) is 1.32. The Balaban J connectivity index is 1.80. The average Bonchev–Trinajstić information content (AvgIpc) is 2.90. The van der Waals surface area contributed by atoms with E-state index in [4.69, 9.17) is 9.84 Å². The Labute approximate surface area is 186 Å². The van der Waals surface area contributed by atoms with Crippen LogP contribution in [-0.4, -0.2) is 34.5 Å². The third kappa shape index (κ3) is 5.12. The molecule has 1 aliphatic rings. The van der Waals surface area contributed by atoms with Crippen molar-refractivity contribution >= 4 is 62.5 Å². The predicted molar refractivity (Wildman–Crippen MR) is 113 cm³/mol. The van der Waals surface area contributed by atoms with Crippen LogP contribution in [0, 0.1) is 9.39 Å². The Kier molecular flexibility index (Phi) is 6.52. The molecule has 3 rings (SSSR count). The largest absolute Gasteiger partial charge is 0.480 e. The van der Waals surface area contributed by atoms with Crippen molar-refractivity contribution in [1.82, 2.24) is 10.2 Å². The minimum absolute atomic E-state index is 0.0193. The van der Waals surface area contributed by atoms with E-state index in [-0.39, 0.29) is 12.2 Å². The second-order valence-corrected chi connectivity index (χ2v) is 8.02. The number of nitrogens with zero attached hydrogens (tertiary/aromatic N) is 1. The Hall–Kier alpha value is -2.47. The molecule has 0 atom stereocenters. The third-order valence-corrected chi connectivity index (χ3v) is 5.28. The minimum atomic E-state index is -1.10. The van der Waals surface area contributed by atoms with Crippen molar-refractivity contribution in [2.45, 2.75) is 6.54 Å². The van der Waals surface area contributed by atoms with Gasteiger partial charge in [0.1, 0.15) is 17.3 Å². The highest BCUT2D eigenvalue weighted by Crippen LogP contribution is 2.33. The van der Waals surface area contributed by atoms with Gasteiger partial charge in [0.15, 0.2) is 6.61 Å². The maximum absolute atomic E-state index is 13.0. The summed E-state index contributed by atoms with van der Waals surface area (Å²) in [6, 6.07) is 8.31. The van der Waals surface area contributed by atoms with E-state index in [9.17, 15) is 18.8 Å². The second kappa shape index (κ2) is 8.91. The summed E-state index contributed by atoms with van der Waals surface area (Å²) in [5.74, 6) is -1.63. The van der Waals surface area contributed by atoms with Crippen LogP contribution >= 0.6 is 38.5 Å². The molecule has 2 aromatic carbocycles. The molecule has 1 fully saturated rings. The molecule has 0 aromatic heterocycles. The van der Waals surface area contributed by atoms with Crippen LogP contribution < -0.4 is 10.1 Å². The number of hydrogen-bond donors (Lipinski definition) is 2. The van der Waals surface area contributed by atoms with Crippen molar-refractivity contribution in [2.75, 3.05) is 6.61 Å². The van der Waals surface area contributed by atoms with Gasteiger partial charge >= 0.3 is 12.0 Å². The molecule has 3 amide bonds. The van der Waals surface area contributed by atoms with E-state index in [1.165, 1.54) is 30.3 Å². The van der Waals surface area contributed by atoms with Crippen molar-refractivity contribution < 1.29 is 28.6 Å². The van der Waals surface area contributed by atoms with Crippen LogP contribution in [0.4, 0.5) is 9.18 Å². The maximum atomic E-state index is 13.0. The molecule has 150 valence electrons. The van der Waals surface area contributed by atoms with Gasteiger partial charge in [0, 0.05) is 0 Å². The molecule has 0 saturated carbocycles. The number of halogens is 3. The summed E-state index contributed by atoms with van der Waals surface area (Å²) in [6.07, 6.45) is 1.51. The standard InChI is InChI=1S/C19H13BrFIN2O5/c20-13-5-11(6-14(22)17(13)29-9-16(25)26)7-15-18(27)24(19(28)23-15)8-10-1-3-12(21)4-2-10/h1-7H,8-9H2,(H,23,28)(H,25,26)/b15-7+. The van der Waals surface area contributed by atoms with Gasteiger partial charge in [-0.25, -0.2) is 14.0 Å². The fourth-order valence-corrected chi connectivity index (χ4v) is 4.36.